The fourth-order valence-corrected chi connectivity index (χ4v) is 2.63. The highest BCUT2D eigenvalue weighted by Gasteiger charge is 2.18. The predicted octanol–water partition coefficient (Wildman–Crippen LogP) is 3.66. The van der Waals surface area contributed by atoms with E-state index in [-0.39, 0.29) is 17.0 Å². The number of pyridine rings is 1. The molecule has 29 heavy (non-hydrogen) atoms. The van der Waals surface area contributed by atoms with Crippen molar-refractivity contribution < 1.29 is 23.0 Å². The molecule has 0 aliphatic heterocycles. The predicted molar refractivity (Wildman–Crippen MR) is 101 cm³/mol. The molecule has 3 rings (SSSR count). The highest BCUT2D eigenvalue weighted by Crippen LogP contribution is 2.34. The number of nitrogens with one attached hydrogen (secondary N) is 3. The largest absolute Gasteiger partial charge is 0.450 e. The van der Waals surface area contributed by atoms with Crippen LogP contribution in [0.4, 0.5) is 19.3 Å². The zero-order valence-corrected chi connectivity index (χ0v) is 15.4. The Morgan fingerprint density at radius 2 is 2.10 bits per heavy atom. The van der Waals surface area contributed by atoms with E-state index in [2.05, 4.69) is 20.6 Å². The van der Waals surface area contributed by atoms with E-state index >= 15 is 0 Å². The number of aromatic nitrogens is 2. The maximum atomic E-state index is 14.5. The number of H-pyrrole nitrogens is 1. The quantitative estimate of drug-likeness (QED) is 0.523. The minimum Gasteiger partial charge on any atom is -0.450 e. The van der Waals surface area contributed by atoms with Crippen molar-refractivity contribution in [1.29, 1.82) is 5.26 Å². The Morgan fingerprint density at radius 1 is 1.34 bits per heavy atom. The van der Waals surface area contributed by atoms with Crippen LogP contribution in [-0.2, 0) is 4.74 Å². The van der Waals surface area contributed by atoms with Gasteiger partial charge in [0.15, 0.2) is 17.4 Å². The number of nitriles is 1. The number of urea groups is 1. The van der Waals surface area contributed by atoms with Crippen LogP contribution >= 0.6 is 0 Å². The first kappa shape index (κ1) is 20.0. The molecule has 0 atom stereocenters. The molecule has 10 heteroatoms. The van der Waals surface area contributed by atoms with E-state index < -0.39 is 23.4 Å². The summed E-state index contributed by atoms with van der Waals surface area (Å²) in [5, 5.41) is 14.4. The fraction of sp³-hybridized carbons (Fsp3) is 0.211. The number of carbonyl (C=O) groups is 1. The standard InChI is InChI=1S/C19H17F2N5O3/c1-28-6-2-4-24-19(27)26-12-7-13(20)17(14(21)8-12)29-15-3-5-23-18-16(15)11(9-22)10-25-18/h3,5,7-8,10H,2,4,6H2,1H3,(H,23,25)(H2,24,26,27). The van der Waals surface area contributed by atoms with Gasteiger partial charge in [0.1, 0.15) is 17.5 Å². The van der Waals surface area contributed by atoms with E-state index in [9.17, 15) is 18.8 Å². The zero-order chi connectivity index (χ0) is 20.8. The van der Waals surface area contributed by atoms with E-state index in [4.69, 9.17) is 9.47 Å². The number of nitrogens with zero attached hydrogens (tertiary/aromatic N) is 2. The summed E-state index contributed by atoms with van der Waals surface area (Å²) in [5.41, 5.74) is 0.506. The lowest BCUT2D eigenvalue weighted by atomic mass is 10.2. The SMILES string of the molecule is COCCCNC(=O)Nc1cc(F)c(Oc2ccnc3[nH]cc(C#N)c23)c(F)c1. The van der Waals surface area contributed by atoms with Crippen LogP contribution in [0.5, 0.6) is 11.5 Å². The molecule has 3 N–H and O–H groups in total. The lowest BCUT2D eigenvalue weighted by Gasteiger charge is -2.12. The minimum absolute atomic E-state index is 0.0715. The second-order valence-electron chi connectivity index (χ2n) is 5.95. The summed E-state index contributed by atoms with van der Waals surface area (Å²) in [4.78, 5) is 18.6. The number of anilines is 1. The van der Waals surface area contributed by atoms with Crippen LogP contribution < -0.4 is 15.4 Å². The smallest absolute Gasteiger partial charge is 0.319 e. The topological polar surface area (TPSA) is 112 Å². The molecule has 0 saturated carbocycles. The summed E-state index contributed by atoms with van der Waals surface area (Å²) in [7, 11) is 1.55. The van der Waals surface area contributed by atoms with Crippen molar-refractivity contribution in [1.82, 2.24) is 15.3 Å². The lowest BCUT2D eigenvalue weighted by molar-refractivity contribution is 0.194. The average Bonchev–Trinajstić information content (AvgIpc) is 3.12. The number of fused-ring (bicyclic) bond motifs is 1. The van der Waals surface area contributed by atoms with Crippen molar-refractivity contribution in [2.45, 2.75) is 6.42 Å². The van der Waals surface area contributed by atoms with Crippen LogP contribution in [-0.4, -0.2) is 36.3 Å². The van der Waals surface area contributed by atoms with Crippen LogP contribution in [0.15, 0.2) is 30.6 Å². The van der Waals surface area contributed by atoms with Gasteiger partial charge >= 0.3 is 6.03 Å². The van der Waals surface area contributed by atoms with Gasteiger partial charge in [0.25, 0.3) is 0 Å². The van der Waals surface area contributed by atoms with Crippen LogP contribution in [0, 0.1) is 23.0 Å². The highest BCUT2D eigenvalue weighted by molar-refractivity contribution is 5.90. The molecule has 8 nitrogen and oxygen atoms in total. The van der Waals surface area contributed by atoms with Gasteiger partial charge in [0, 0.05) is 50.5 Å². The number of methoxy groups -OCH3 is 1. The molecule has 2 amide bonds. The second kappa shape index (κ2) is 8.99. The third kappa shape index (κ3) is 4.59. The summed E-state index contributed by atoms with van der Waals surface area (Å²) >= 11 is 0. The number of amides is 2. The Morgan fingerprint density at radius 3 is 2.79 bits per heavy atom. The average molecular weight is 401 g/mol. The summed E-state index contributed by atoms with van der Waals surface area (Å²) in [6.07, 6.45) is 3.41. The maximum absolute atomic E-state index is 14.5. The van der Waals surface area contributed by atoms with E-state index in [1.807, 2.05) is 6.07 Å². The van der Waals surface area contributed by atoms with E-state index in [1.165, 1.54) is 18.5 Å². The third-order valence-corrected chi connectivity index (χ3v) is 3.93. The molecule has 0 aliphatic rings. The van der Waals surface area contributed by atoms with Crippen LogP contribution in [0.3, 0.4) is 0 Å². The monoisotopic (exact) mass is 401 g/mol. The molecule has 1 aromatic carbocycles. The molecule has 150 valence electrons. The molecule has 0 spiro atoms. The number of aromatic amines is 1. The Balaban J connectivity index is 1.78. The molecule has 0 fully saturated rings. The number of rotatable bonds is 7. The minimum atomic E-state index is -1.02. The van der Waals surface area contributed by atoms with Gasteiger partial charge < -0.3 is 25.1 Å². The second-order valence-corrected chi connectivity index (χ2v) is 5.95. The van der Waals surface area contributed by atoms with Gasteiger partial charge in [-0.25, -0.2) is 18.6 Å². The molecule has 0 unspecified atom stereocenters. The normalized spacial score (nSPS) is 10.6. The Bertz CT molecular complexity index is 1050. The number of hydrogen-bond acceptors (Lipinski definition) is 5. The highest BCUT2D eigenvalue weighted by atomic mass is 19.1. The van der Waals surface area contributed by atoms with Gasteiger partial charge in [-0.1, -0.05) is 0 Å². The third-order valence-electron chi connectivity index (χ3n) is 3.93. The fourth-order valence-electron chi connectivity index (χ4n) is 2.63. The molecular weight excluding hydrogens is 384 g/mol. The zero-order valence-electron chi connectivity index (χ0n) is 15.4. The number of hydrogen-bond donors (Lipinski definition) is 3. The Kier molecular flexibility index (Phi) is 6.21. The van der Waals surface area contributed by atoms with Crippen LogP contribution in [0.2, 0.25) is 0 Å². The van der Waals surface area contributed by atoms with Crippen molar-refractivity contribution in [3.05, 3.63) is 47.8 Å². The van der Waals surface area contributed by atoms with Gasteiger partial charge in [-0.3, -0.25) is 0 Å². The van der Waals surface area contributed by atoms with Crippen molar-refractivity contribution in [3.63, 3.8) is 0 Å². The van der Waals surface area contributed by atoms with Crippen molar-refractivity contribution in [3.8, 4) is 17.6 Å². The van der Waals surface area contributed by atoms with Gasteiger partial charge in [-0.15, -0.1) is 0 Å². The molecule has 0 radical (unpaired) electrons. The molecular formula is C19H17F2N5O3. The molecule has 3 aromatic rings. The van der Waals surface area contributed by atoms with Crippen molar-refractivity contribution >= 4 is 22.8 Å². The number of carbonyl (C=O) groups excluding carboxylic acids is 1. The van der Waals surface area contributed by atoms with Gasteiger partial charge in [0.2, 0.25) is 0 Å². The number of ether oxygens (including phenoxy) is 2. The van der Waals surface area contributed by atoms with Gasteiger partial charge in [-0.05, 0) is 12.5 Å². The summed E-state index contributed by atoms with van der Waals surface area (Å²) < 4.78 is 39.2. The Labute approximate surface area is 164 Å². The van der Waals surface area contributed by atoms with Gasteiger partial charge in [0.05, 0.1) is 10.9 Å². The molecule has 2 aromatic heterocycles. The lowest BCUT2D eigenvalue weighted by Crippen LogP contribution is -2.30. The van der Waals surface area contributed by atoms with E-state index in [0.717, 1.165) is 12.1 Å². The summed E-state index contributed by atoms with van der Waals surface area (Å²) in [6.45, 7) is 0.828. The molecule has 0 bridgehead atoms. The maximum Gasteiger partial charge on any atom is 0.319 e. The number of halogens is 2. The van der Waals surface area contributed by atoms with Gasteiger partial charge in [-0.2, -0.15) is 5.26 Å². The number of benzene rings is 1. The first-order valence-corrected chi connectivity index (χ1v) is 8.60. The van der Waals surface area contributed by atoms with Crippen LogP contribution in [0.25, 0.3) is 11.0 Å². The molecule has 0 saturated heterocycles. The van der Waals surface area contributed by atoms with Crippen molar-refractivity contribution in [2.75, 3.05) is 25.6 Å². The first-order valence-electron chi connectivity index (χ1n) is 8.60. The summed E-state index contributed by atoms with van der Waals surface area (Å²) in [6, 6.07) is 4.63. The first-order chi connectivity index (χ1) is 14.0. The van der Waals surface area contributed by atoms with E-state index in [0.29, 0.717) is 30.6 Å². The molecule has 2 heterocycles. The van der Waals surface area contributed by atoms with Crippen molar-refractivity contribution in [2.24, 2.45) is 0 Å². The molecule has 0 aliphatic carbocycles. The summed E-state index contributed by atoms with van der Waals surface area (Å²) in [5.74, 6) is -2.62. The Hall–Kier alpha value is -3.71. The van der Waals surface area contributed by atoms with Crippen LogP contribution in [0.1, 0.15) is 12.0 Å². The van der Waals surface area contributed by atoms with E-state index in [1.54, 1.807) is 7.11 Å².